The number of nitrogens with zero attached hydrogens (tertiary/aromatic N) is 1. The van der Waals surface area contributed by atoms with Gasteiger partial charge in [-0.3, -0.25) is 4.79 Å². The molecule has 0 radical (unpaired) electrons. The molecule has 0 aromatic heterocycles. The van der Waals surface area contributed by atoms with Crippen LogP contribution in [-0.4, -0.2) is 54.4 Å². The third kappa shape index (κ3) is 3.42. The molecule has 2 aliphatic rings. The van der Waals surface area contributed by atoms with Crippen molar-refractivity contribution in [3.8, 4) is 0 Å². The second-order valence-corrected chi connectivity index (χ2v) is 5.73. The number of aliphatic carboxylic acids is 1. The molecule has 2 rings (SSSR count). The molecule has 1 aliphatic heterocycles. The fourth-order valence-corrected chi connectivity index (χ4v) is 2.78. The van der Waals surface area contributed by atoms with Crippen LogP contribution in [0, 0.1) is 11.8 Å². The van der Waals surface area contributed by atoms with Crippen LogP contribution in [0.5, 0.6) is 0 Å². The number of carboxylic acid groups (broad SMARTS) is 1. The molecule has 20 heavy (non-hydrogen) atoms. The largest absolute Gasteiger partial charge is 0.481 e. The number of hydrogen-bond donors (Lipinski definition) is 2. The monoisotopic (exact) mass is 284 g/mol. The van der Waals surface area contributed by atoms with Crippen LogP contribution in [0.15, 0.2) is 0 Å². The number of carbonyl (C=O) groups is 2. The highest BCUT2D eigenvalue weighted by atomic mass is 16.5. The Balaban J connectivity index is 1.93. The van der Waals surface area contributed by atoms with Gasteiger partial charge in [0.25, 0.3) is 0 Å². The summed E-state index contributed by atoms with van der Waals surface area (Å²) in [5.74, 6) is -0.908. The van der Waals surface area contributed by atoms with Gasteiger partial charge < -0.3 is 20.1 Å². The van der Waals surface area contributed by atoms with Gasteiger partial charge in [0.15, 0.2) is 0 Å². The number of hydrogen-bond acceptors (Lipinski definition) is 3. The van der Waals surface area contributed by atoms with Gasteiger partial charge in [0, 0.05) is 13.1 Å². The first-order valence-electron chi connectivity index (χ1n) is 7.48. The van der Waals surface area contributed by atoms with E-state index in [2.05, 4.69) is 5.32 Å². The minimum absolute atomic E-state index is 0.152. The number of carboxylic acids is 1. The van der Waals surface area contributed by atoms with Crippen molar-refractivity contribution in [1.29, 1.82) is 0 Å². The van der Waals surface area contributed by atoms with Crippen LogP contribution < -0.4 is 5.32 Å². The average molecular weight is 284 g/mol. The summed E-state index contributed by atoms with van der Waals surface area (Å²) in [5, 5.41) is 12.2. The molecule has 0 spiro atoms. The fraction of sp³-hybridized carbons (Fsp3) is 0.857. The Labute approximate surface area is 119 Å². The minimum Gasteiger partial charge on any atom is -0.481 e. The normalized spacial score (nSPS) is 26.1. The molecule has 2 N–H and O–H groups in total. The van der Waals surface area contributed by atoms with E-state index in [1.165, 1.54) is 19.3 Å². The summed E-state index contributed by atoms with van der Waals surface area (Å²) in [6.45, 7) is 3.75. The zero-order valence-corrected chi connectivity index (χ0v) is 12.0. The predicted octanol–water partition coefficient (Wildman–Crippen LogP) is 1.31. The summed E-state index contributed by atoms with van der Waals surface area (Å²) in [6, 6.07) is -0.505. The lowest BCUT2D eigenvalue weighted by molar-refractivity contribution is -0.142. The van der Waals surface area contributed by atoms with Gasteiger partial charge in [-0.05, 0) is 25.2 Å². The van der Waals surface area contributed by atoms with E-state index in [4.69, 9.17) is 4.74 Å². The highest BCUT2D eigenvalue weighted by Crippen LogP contribution is 2.25. The second kappa shape index (κ2) is 6.92. The summed E-state index contributed by atoms with van der Waals surface area (Å²) >= 11 is 0. The SMILES string of the molecule is CCCN(C(=O)NCC1CCC1)C1COCC1C(=O)O. The van der Waals surface area contributed by atoms with Crippen LogP contribution in [0.3, 0.4) is 0 Å². The first-order valence-corrected chi connectivity index (χ1v) is 7.48. The smallest absolute Gasteiger partial charge is 0.317 e. The number of nitrogens with one attached hydrogen (secondary N) is 1. The maximum Gasteiger partial charge on any atom is 0.317 e. The quantitative estimate of drug-likeness (QED) is 0.770. The van der Waals surface area contributed by atoms with E-state index < -0.39 is 11.9 Å². The number of ether oxygens (including phenoxy) is 1. The number of amides is 2. The molecule has 1 heterocycles. The molecule has 6 nitrogen and oxygen atoms in total. The predicted molar refractivity (Wildman–Crippen MR) is 73.5 cm³/mol. The molecule has 1 aliphatic carbocycles. The van der Waals surface area contributed by atoms with Crippen molar-refractivity contribution in [3.05, 3.63) is 0 Å². The molecule has 2 amide bonds. The molecule has 1 saturated heterocycles. The molecule has 0 aromatic carbocycles. The first kappa shape index (κ1) is 15.1. The van der Waals surface area contributed by atoms with Gasteiger partial charge in [-0.1, -0.05) is 13.3 Å². The fourth-order valence-electron chi connectivity index (χ4n) is 2.78. The lowest BCUT2D eigenvalue weighted by Gasteiger charge is -2.32. The molecule has 0 bridgehead atoms. The van der Waals surface area contributed by atoms with Crippen molar-refractivity contribution in [1.82, 2.24) is 10.2 Å². The van der Waals surface area contributed by atoms with Crippen LogP contribution in [0.1, 0.15) is 32.6 Å². The summed E-state index contributed by atoms with van der Waals surface area (Å²) in [7, 11) is 0. The number of urea groups is 1. The maximum absolute atomic E-state index is 12.3. The van der Waals surface area contributed by atoms with Crippen molar-refractivity contribution in [2.24, 2.45) is 11.8 Å². The topological polar surface area (TPSA) is 78.9 Å². The molecule has 2 fully saturated rings. The van der Waals surface area contributed by atoms with Crippen LogP contribution in [-0.2, 0) is 9.53 Å². The molecule has 2 unspecified atom stereocenters. The zero-order chi connectivity index (χ0) is 14.5. The van der Waals surface area contributed by atoms with Gasteiger partial charge in [-0.15, -0.1) is 0 Å². The first-order chi connectivity index (χ1) is 9.63. The van der Waals surface area contributed by atoms with Gasteiger partial charge in [0.2, 0.25) is 0 Å². The van der Waals surface area contributed by atoms with Crippen molar-refractivity contribution in [2.45, 2.75) is 38.6 Å². The van der Waals surface area contributed by atoms with Crippen LogP contribution in [0.25, 0.3) is 0 Å². The Bertz CT molecular complexity index is 357. The van der Waals surface area contributed by atoms with Gasteiger partial charge >= 0.3 is 12.0 Å². The maximum atomic E-state index is 12.3. The van der Waals surface area contributed by atoms with E-state index in [9.17, 15) is 14.7 Å². The molecule has 1 saturated carbocycles. The molecule has 0 aromatic rings. The van der Waals surface area contributed by atoms with Gasteiger partial charge in [0.1, 0.15) is 5.92 Å². The van der Waals surface area contributed by atoms with E-state index in [0.717, 1.165) is 6.42 Å². The van der Waals surface area contributed by atoms with E-state index >= 15 is 0 Å². The Morgan fingerprint density at radius 2 is 2.10 bits per heavy atom. The molecular formula is C14H24N2O4. The minimum atomic E-state index is -0.889. The Hall–Kier alpha value is -1.30. The van der Waals surface area contributed by atoms with Gasteiger partial charge in [0.05, 0.1) is 19.3 Å². The highest BCUT2D eigenvalue weighted by molar-refractivity contribution is 5.77. The second-order valence-electron chi connectivity index (χ2n) is 5.73. The molecule has 6 heteroatoms. The third-order valence-corrected chi connectivity index (χ3v) is 4.26. The Kier molecular flexibility index (Phi) is 5.23. The highest BCUT2D eigenvalue weighted by Gasteiger charge is 2.39. The van der Waals surface area contributed by atoms with Crippen molar-refractivity contribution < 1.29 is 19.4 Å². The van der Waals surface area contributed by atoms with Crippen LogP contribution in [0.4, 0.5) is 4.79 Å². The molecular weight excluding hydrogens is 260 g/mol. The van der Waals surface area contributed by atoms with E-state index in [0.29, 0.717) is 25.6 Å². The Morgan fingerprint density at radius 1 is 1.35 bits per heavy atom. The summed E-state index contributed by atoms with van der Waals surface area (Å²) in [6.07, 6.45) is 4.41. The summed E-state index contributed by atoms with van der Waals surface area (Å²) in [5.41, 5.74) is 0. The van der Waals surface area contributed by atoms with E-state index in [1.54, 1.807) is 4.90 Å². The lowest BCUT2D eigenvalue weighted by Crippen LogP contribution is -2.51. The van der Waals surface area contributed by atoms with Crippen molar-refractivity contribution >= 4 is 12.0 Å². The van der Waals surface area contributed by atoms with Crippen molar-refractivity contribution in [3.63, 3.8) is 0 Å². The van der Waals surface area contributed by atoms with E-state index in [1.807, 2.05) is 6.92 Å². The van der Waals surface area contributed by atoms with Gasteiger partial charge in [-0.2, -0.15) is 0 Å². The van der Waals surface area contributed by atoms with Crippen molar-refractivity contribution in [2.75, 3.05) is 26.3 Å². The van der Waals surface area contributed by atoms with Crippen LogP contribution in [0.2, 0.25) is 0 Å². The molecule has 114 valence electrons. The lowest BCUT2D eigenvalue weighted by atomic mass is 9.85. The standard InChI is InChI=1S/C14H24N2O4/c1-2-6-16(12-9-20-8-11(12)13(17)18)14(19)15-7-10-4-3-5-10/h10-12H,2-9H2,1H3,(H,15,19)(H,17,18). The number of rotatable bonds is 6. The van der Waals surface area contributed by atoms with E-state index in [-0.39, 0.29) is 18.7 Å². The van der Waals surface area contributed by atoms with Crippen LogP contribution >= 0.6 is 0 Å². The van der Waals surface area contributed by atoms with Gasteiger partial charge in [-0.25, -0.2) is 4.79 Å². The summed E-state index contributed by atoms with van der Waals surface area (Å²) in [4.78, 5) is 25.2. The zero-order valence-electron chi connectivity index (χ0n) is 12.0. The third-order valence-electron chi connectivity index (χ3n) is 4.26. The average Bonchev–Trinajstić information content (AvgIpc) is 2.82. The Morgan fingerprint density at radius 3 is 2.65 bits per heavy atom. The number of carbonyl (C=O) groups excluding carboxylic acids is 1. The molecule has 2 atom stereocenters. The summed E-state index contributed by atoms with van der Waals surface area (Å²) < 4.78 is 5.26.